The Bertz CT molecular complexity index is 275. The topological polar surface area (TPSA) is 63.3 Å². The van der Waals surface area contributed by atoms with Crippen LogP contribution in [0.25, 0.3) is 0 Å². The molecular weight excluding hydrogens is 262 g/mol. The van der Waals surface area contributed by atoms with E-state index in [2.05, 4.69) is 0 Å². The molecule has 0 amide bonds. The molecule has 0 saturated heterocycles. The van der Waals surface area contributed by atoms with Crippen molar-refractivity contribution in [2.24, 2.45) is 11.7 Å². The fourth-order valence-electron chi connectivity index (χ4n) is 3.48. The van der Waals surface area contributed by atoms with Gasteiger partial charge in [-0.05, 0) is 12.8 Å². The van der Waals surface area contributed by atoms with Gasteiger partial charge < -0.3 is 10.8 Å². The van der Waals surface area contributed by atoms with Crippen LogP contribution < -0.4 is 5.73 Å². The van der Waals surface area contributed by atoms with Gasteiger partial charge in [-0.2, -0.15) is 0 Å². The van der Waals surface area contributed by atoms with Gasteiger partial charge in [0.25, 0.3) is 0 Å². The molecule has 1 aliphatic rings. The molecule has 3 N–H and O–H groups in total. The number of rotatable bonds is 2. The highest BCUT2D eigenvalue weighted by molar-refractivity contribution is 5.71. The molecule has 1 saturated carbocycles. The second-order valence-electron chi connectivity index (χ2n) is 7.04. The van der Waals surface area contributed by atoms with Crippen molar-refractivity contribution in [3.05, 3.63) is 0 Å². The Hall–Kier alpha value is -0.570. The SMILES string of the molecule is C[C@@H](C(=O)O)C1(N)CCCCCCCCCCCCCC1. The maximum Gasteiger partial charge on any atom is 0.308 e. The molecule has 0 spiro atoms. The Morgan fingerprint density at radius 1 is 0.810 bits per heavy atom. The Kier molecular flexibility index (Phi) is 8.98. The van der Waals surface area contributed by atoms with Crippen molar-refractivity contribution in [1.29, 1.82) is 0 Å². The summed E-state index contributed by atoms with van der Waals surface area (Å²) in [5.74, 6) is -1.18. The lowest BCUT2D eigenvalue weighted by Gasteiger charge is -2.33. The van der Waals surface area contributed by atoms with Crippen molar-refractivity contribution < 1.29 is 9.90 Å². The molecule has 3 heteroatoms. The van der Waals surface area contributed by atoms with E-state index in [1.54, 1.807) is 6.92 Å². The number of carbonyl (C=O) groups is 1. The summed E-state index contributed by atoms with van der Waals surface area (Å²) in [6, 6.07) is 0. The largest absolute Gasteiger partial charge is 0.481 e. The molecule has 0 aromatic carbocycles. The second kappa shape index (κ2) is 10.2. The zero-order valence-electron chi connectivity index (χ0n) is 13.9. The zero-order valence-corrected chi connectivity index (χ0v) is 13.9. The number of carboxylic acid groups (broad SMARTS) is 1. The quantitative estimate of drug-likeness (QED) is 0.763. The molecule has 0 unspecified atom stereocenters. The molecule has 1 aliphatic carbocycles. The van der Waals surface area contributed by atoms with Crippen LogP contribution in [0.3, 0.4) is 0 Å². The average molecular weight is 297 g/mol. The standard InChI is InChI=1S/C18H35NO2/c1-16(17(20)21)18(19)14-12-10-8-6-4-2-3-5-7-9-11-13-15-18/h16H,2-15,19H2,1H3,(H,20,21)/t16-/m0/s1. The van der Waals surface area contributed by atoms with Crippen LogP contribution >= 0.6 is 0 Å². The van der Waals surface area contributed by atoms with Crippen molar-refractivity contribution in [1.82, 2.24) is 0 Å². The highest BCUT2D eigenvalue weighted by atomic mass is 16.4. The molecule has 1 atom stereocenters. The van der Waals surface area contributed by atoms with E-state index in [1.807, 2.05) is 0 Å². The molecule has 0 aromatic rings. The van der Waals surface area contributed by atoms with Gasteiger partial charge in [0, 0.05) is 5.54 Å². The van der Waals surface area contributed by atoms with Crippen LogP contribution in [0.15, 0.2) is 0 Å². The van der Waals surface area contributed by atoms with Crippen LogP contribution in [0.5, 0.6) is 0 Å². The fourth-order valence-corrected chi connectivity index (χ4v) is 3.48. The molecule has 0 bridgehead atoms. The van der Waals surface area contributed by atoms with E-state index in [4.69, 9.17) is 5.73 Å². The molecule has 1 fully saturated rings. The highest BCUT2D eigenvalue weighted by Crippen LogP contribution is 2.29. The molecule has 21 heavy (non-hydrogen) atoms. The minimum Gasteiger partial charge on any atom is -0.481 e. The predicted octanol–water partition coefficient (Wildman–Crippen LogP) is 4.88. The minimum atomic E-state index is -0.740. The summed E-state index contributed by atoms with van der Waals surface area (Å²) in [5, 5.41) is 9.33. The Balaban J connectivity index is 2.52. The van der Waals surface area contributed by atoms with Crippen LogP contribution in [-0.2, 0) is 4.79 Å². The summed E-state index contributed by atoms with van der Waals surface area (Å²) in [6.07, 6.45) is 17.0. The first-order valence-electron chi connectivity index (χ1n) is 9.08. The van der Waals surface area contributed by atoms with E-state index in [9.17, 15) is 9.90 Å². The normalized spacial score (nSPS) is 24.5. The van der Waals surface area contributed by atoms with Gasteiger partial charge in [0.2, 0.25) is 0 Å². The van der Waals surface area contributed by atoms with Crippen molar-refractivity contribution in [2.75, 3.05) is 0 Å². The lowest BCUT2D eigenvalue weighted by Crippen LogP contribution is -2.49. The van der Waals surface area contributed by atoms with Gasteiger partial charge in [-0.3, -0.25) is 4.79 Å². The molecule has 0 aliphatic heterocycles. The summed E-state index contributed by atoms with van der Waals surface area (Å²) in [5.41, 5.74) is 6.00. The van der Waals surface area contributed by atoms with E-state index < -0.39 is 17.4 Å². The summed E-state index contributed by atoms with van der Waals surface area (Å²) >= 11 is 0. The van der Waals surface area contributed by atoms with Crippen molar-refractivity contribution in [2.45, 2.75) is 102 Å². The van der Waals surface area contributed by atoms with E-state index >= 15 is 0 Å². The predicted molar refractivity (Wildman–Crippen MR) is 88.4 cm³/mol. The average Bonchev–Trinajstić information content (AvgIpc) is 2.46. The first-order chi connectivity index (χ1) is 10.1. The Morgan fingerprint density at radius 2 is 1.10 bits per heavy atom. The van der Waals surface area contributed by atoms with E-state index in [0.717, 1.165) is 25.7 Å². The third-order valence-electron chi connectivity index (χ3n) is 5.27. The lowest BCUT2D eigenvalue weighted by atomic mass is 9.77. The van der Waals surface area contributed by atoms with Gasteiger partial charge in [-0.25, -0.2) is 0 Å². The molecule has 0 radical (unpaired) electrons. The summed E-state index contributed by atoms with van der Waals surface area (Å²) in [6.45, 7) is 1.79. The number of hydrogen-bond acceptors (Lipinski definition) is 2. The number of carboxylic acids is 1. The van der Waals surface area contributed by atoms with Crippen LogP contribution in [0.1, 0.15) is 96.8 Å². The minimum absolute atomic E-state index is 0.437. The second-order valence-corrected chi connectivity index (χ2v) is 7.04. The van der Waals surface area contributed by atoms with E-state index in [0.29, 0.717) is 0 Å². The first-order valence-corrected chi connectivity index (χ1v) is 9.08. The summed E-state index contributed by atoms with van der Waals surface area (Å²) in [4.78, 5) is 11.3. The molecule has 0 heterocycles. The lowest BCUT2D eigenvalue weighted by molar-refractivity contribution is -0.143. The monoisotopic (exact) mass is 297 g/mol. The Morgan fingerprint density at radius 3 is 1.38 bits per heavy atom. The van der Waals surface area contributed by atoms with Crippen LogP contribution in [0.2, 0.25) is 0 Å². The van der Waals surface area contributed by atoms with Crippen molar-refractivity contribution in [3.63, 3.8) is 0 Å². The molecule has 3 nitrogen and oxygen atoms in total. The molecule has 1 rings (SSSR count). The Labute approximate surface area is 130 Å². The number of nitrogens with two attached hydrogens (primary N) is 1. The van der Waals surface area contributed by atoms with Gasteiger partial charge in [-0.15, -0.1) is 0 Å². The van der Waals surface area contributed by atoms with Gasteiger partial charge in [0.15, 0.2) is 0 Å². The number of hydrogen-bond donors (Lipinski definition) is 2. The number of aliphatic carboxylic acids is 1. The van der Waals surface area contributed by atoms with Crippen molar-refractivity contribution >= 4 is 5.97 Å². The van der Waals surface area contributed by atoms with Crippen LogP contribution in [-0.4, -0.2) is 16.6 Å². The van der Waals surface area contributed by atoms with Crippen molar-refractivity contribution in [3.8, 4) is 0 Å². The van der Waals surface area contributed by atoms with Gasteiger partial charge in [-0.1, -0.05) is 84.0 Å². The summed E-state index contributed by atoms with van der Waals surface area (Å²) in [7, 11) is 0. The first kappa shape index (κ1) is 18.5. The summed E-state index contributed by atoms with van der Waals surface area (Å²) < 4.78 is 0. The smallest absolute Gasteiger partial charge is 0.308 e. The molecule has 0 aromatic heterocycles. The zero-order chi connectivity index (χ0) is 15.6. The molecule has 124 valence electrons. The third kappa shape index (κ3) is 7.30. The van der Waals surface area contributed by atoms with E-state index in [1.165, 1.54) is 64.2 Å². The van der Waals surface area contributed by atoms with E-state index in [-0.39, 0.29) is 0 Å². The fraction of sp³-hybridized carbons (Fsp3) is 0.944. The molecular formula is C18H35NO2. The van der Waals surface area contributed by atoms with Gasteiger partial charge in [0.1, 0.15) is 0 Å². The van der Waals surface area contributed by atoms with Crippen LogP contribution in [0.4, 0.5) is 0 Å². The maximum atomic E-state index is 11.3. The third-order valence-corrected chi connectivity index (χ3v) is 5.27. The van der Waals surface area contributed by atoms with Gasteiger partial charge >= 0.3 is 5.97 Å². The highest BCUT2D eigenvalue weighted by Gasteiger charge is 2.35. The van der Waals surface area contributed by atoms with Crippen LogP contribution in [0, 0.1) is 5.92 Å². The maximum absolute atomic E-state index is 11.3. The van der Waals surface area contributed by atoms with Gasteiger partial charge in [0.05, 0.1) is 5.92 Å².